The largest absolute Gasteiger partial charge is 0.493 e. The summed E-state index contributed by atoms with van der Waals surface area (Å²) in [6.45, 7) is 4.88. The summed E-state index contributed by atoms with van der Waals surface area (Å²) in [5.74, 6) is 0.908. The number of ether oxygens (including phenoxy) is 1. The minimum absolute atomic E-state index is 0.148. The van der Waals surface area contributed by atoms with Crippen LogP contribution in [-0.2, 0) is 5.41 Å². The number of hydrogen-bond acceptors (Lipinski definition) is 3. The SMILES string of the molecule is CC(C)(N)C1(CCO)CCOc2ccccc21. The van der Waals surface area contributed by atoms with Crippen LogP contribution in [0, 0.1) is 0 Å². The van der Waals surface area contributed by atoms with Crippen molar-refractivity contribution in [2.45, 2.75) is 37.6 Å². The number of nitrogens with two attached hydrogens (primary N) is 1. The number of fused-ring (bicyclic) bond motifs is 1. The number of aliphatic hydroxyl groups is 1. The average molecular weight is 235 g/mol. The first-order valence-electron chi connectivity index (χ1n) is 6.13. The molecule has 1 unspecified atom stereocenters. The van der Waals surface area contributed by atoms with Crippen LogP contribution in [-0.4, -0.2) is 23.9 Å². The molecule has 1 heterocycles. The number of aliphatic hydroxyl groups excluding tert-OH is 1. The Kier molecular flexibility index (Phi) is 3.15. The summed E-state index contributed by atoms with van der Waals surface area (Å²) in [7, 11) is 0. The Morgan fingerprint density at radius 1 is 1.41 bits per heavy atom. The number of benzene rings is 1. The van der Waals surface area contributed by atoms with E-state index >= 15 is 0 Å². The van der Waals surface area contributed by atoms with Gasteiger partial charge in [0.2, 0.25) is 0 Å². The fourth-order valence-corrected chi connectivity index (χ4v) is 2.90. The summed E-state index contributed by atoms with van der Waals surface area (Å²) in [5, 5.41) is 9.38. The first kappa shape index (κ1) is 12.4. The summed E-state index contributed by atoms with van der Waals surface area (Å²) in [4.78, 5) is 0. The second-order valence-corrected chi connectivity index (χ2v) is 5.37. The Morgan fingerprint density at radius 3 is 2.76 bits per heavy atom. The normalized spacial score (nSPS) is 24.0. The van der Waals surface area contributed by atoms with E-state index < -0.39 is 0 Å². The third-order valence-corrected chi connectivity index (χ3v) is 3.96. The summed E-state index contributed by atoms with van der Waals surface area (Å²) >= 11 is 0. The van der Waals surface area contributed by atoms with Crippen molar-refractivity contribution in [1.82, 2.24) is 0 Å². The van der Waals surface area contributed by atoms with Crippen LogP contribution in [0.15, 0.2) is 24.3 Å². The Labute approximate surface area is 103 Å². The minimum atomic E-state index is -0.379. The molecule has 94 valence electrons. The number of para-hydroxylation sites is 1. The third-order valence-electron chi connectivity index (χ3n) is 3.96. The van der Waals surface area contributed by atoms with Crippen molar-refractivity contribution in [3.8, 4) is 5.75 Å². The zero-order chi connectivity index (χ0) is 12.5. The summed E-state index contributed by atoms with van der Waals surface area (Å²) in [5.41, 5.74) is 6.93. The molecule has 2 rings (SSSR count). The Balaban J connectivity index is 2.55. The van der Waals surface area contributed by atoms with Crippen LogP contribution in [0.2, 0.25) is 0 Å². The standard InChI is InChI=1S/C14H21NO2/c1-13(2,15)14(7-9-16)8-10-17-12-6-4-3-5-11(12)14/h3-6,16H,7-10,15H2,1-2H3. The Hall–Kier alpha value is -1.06. The molecule has 0 aromatic heterocycles. The van der Waals surface area contributed by atoms with E-state index in [9.17, 15) is 5.11 Å². The summed E-state index contributed by atoms with van der Waals surface area (Å²) in [6, 6.07) is 8.02. The molecule has 0 saturated heterocycles. The molecular formula is C14H21NO2. The lowest BCUT2D eigenvalue weighted by Gasteiger charge is -2.48. The molecular weight excluding hydrogens is 214 g/mol. The van der Waals surface area contributed by atoms with Gasteiger partial charge in [-0.1, -0.05) is 18.2 Å². The first-order chi connectivity index (χ1) is 8.01. The van der Waals surface area contributed by atoms with E-state index in [2.05, 4.69) is 6.07 Å². The van der Waals surface area contributed by atoms with E-state index in [-0.39, 0.29) is 17.6 Å². The van der Waals surface area contributed by atoms with Gasteiger partial charge in [-0.3, -0.25) is 0 Å². The Morgan fingerprint density at radius 2 is 2.12 bits per heavy atom. The van der Waals surface area contributed by atoms with E-state index in [1.54, 1.807) is 0 Å². The first-order valence-corrected chi connectivity index (χ1v) is 6.13. The molecule has 0 spiro atoms. The molecule has 1 aromatic rings. The van der Waals surface area contributed by atoms with Gasteiger partial charge in [0, 0.05) is 23.1 Å². The van der Waals surface area contributed by atoms with Crippen molar-refractivity contribution in [1.29, 1.82) is 0 Å². The average Bonchev–Trinajstić information content (AvgIpc) is 2.28. The predicted octanol–water partition coefficient (Wildman–Crippen LogP) is 1.83. The molecule has 17 heavy (non-hydrogen) atoms. The molecule has 0 saturated carbocycles. The molecule has 1 aliphatic heterocycles. The third kappa shape index (κ3) is 1.94. The van der Waals surface area contributed by atoms with E-state index in [4.69, 9.17) is 10.5 Å². The monoisotopic (exact) mass is 235 g/mol. The molecule has 3 N–H and O–H groups in total. The van der Waals surface area contributed by atoms with Gasteiger partial charge in [0.15, 0.2) is 0 Å². The van der Waals surface area contributed by atoms with Gasteiger partial charge in [-0.15, -0.1) is 0 Å². The van der Waals surface area contributed by atoms with E-state index in [0.717, 1.165) is 17.7 Å². The highest BCUT2D eigenvalue weighted by molar-refractivity contribution is 5.44. The van der Waals surface area contributed by atoms with E-state index in [1.165, 1.54) is 0 Å². The van der Waals surface area contributed by atoms with Gasteiger partial charge in [-0.25, -0.2) is 0 Å². The molecule has 0 bridgehead atoms. The van der Waals surface area contributed by atoms with Crippen LogP contribution >= 0.6 is 0 Å². The van der Waals surface area contributed by atoms with Crippen molar-refractivity contribution >= 4 is 0 Å². The fraction of sp³-hybridized carbons (Fsp3) is 0.571. The lowest BCUT2D eigenvalue weighted by atomic mass is 9.62. The fourth-order valence-electron chi connectivity index (χ4n) is 2.90. The van der Waals surface area contributed by atoms with Gasteiger partial charge in [0.25, 0.3) is 0 Å². The van der Waals surface area contributed by atoms with Crippen molar-refractivity contribution in [3.63, 3.8) is 0 Å². The molecule has 3 heteroatoms. The van der Waals surface area contributed by atoms with Crippen LogP contribution in [0.4, 0.5) is 0 Å². The lowest BCUT2D eigenvalue weighted by Crippen LogP contribution is -2.56. The van der Waals surface area contributed by atoms with Gasteiger partial charge in [0.05, 0.1) is 6.61 Å². The maximum absolute atomic E-state index is 9.38. The molecule has 1 atom stereocenters. The second-order valence-electron chi connectivity index (χ2n) is 5.37. The van der Waals surface area contributed by atoms with Crippen molar-refractivity contribution in [2.75, 3.05) is 13.2 Å². The van der Waals surface area contributed by atoms with Crippen LogP contribution in [0.5, 0.6) is 5.75 Å². The lowest BCUT2D eigenvalue weighted by molar-refractivity contribution is 0.117. The molecule has 0 fully saturated rings. The zero-order valence-electron chi connectivity index (χ0n) is 10.6. The maximum atomic E-state index is 9.38. The molecule has 0 radical (unpaired) electrons. The topological polar surface area (TPSA) is 55.5 Å². The highest BCUT2D eigenvalue weighted by Crippen LogP contribution is 2.46. The molecule has 1 aliphatic rings. The van der Waals surface area contributed by atoms with Crippen LogP contribution < -0.4 is 10.5 Å². The van der Waals surface area contributed by atoms with Crippen LogP contribution in [0.25, 0.3) is 0 Å². The zero-order valence-corrected chi connectivity index (χ0v) is 10.6. The highest BCUT2D eigenvalue weighted by atomic mass is 16.5. The number of rotatable bonds is 3. The quantitative estimate of drug-likeness (QED) is 0.840. The van der Waals surface area contributed by atoms with Gasteiger partial charge in [0.1, 0.15) is 5.75 Å². The molecule has 0 amide bonds. The second kappa shape index (κ2) is 4.31. The maximum Gasteiger partial charge on any atom is 0.123 e. The van der Waals surface area contributed by atoms with Gasteiger partial charge in [-0.05, 0) is 32.8 Å². The highest BCUT2D eigenvalue weighted by Gasteiger charge is 2.46. The smallest absolute Gasteiger partial charge is 0.123 e. The van der Waals surface area contributed by atoms with Crippen molar-refractivity contribution < 1.29 is 9.84 Å². The van der Waals surface area contributed by atoms with Gasteiger partial charge < -0.3 is 15.6 Å². The summed E-state index contributed by atoms with van der Waals surface area (Å²) < 4.78 is 5.68. The Bertz CT molecular complexity index is 397. The van der Waals surface area contributed by atoms with Crippen LogP contribution in [0.1, 0.15) is 32.3 Å². The predicted molar refractivity (Wildman–Crippen MR) is 68.2 cm³/mol. The molecule has 3 nitrogen and oxygen atoms in total. The van der Waals surface area contributed by atoms with E-state index in [0.29, 0.717) is 13.0 Å². The van der Waals surface area contributed by atoms with E-state index in [1.807, 2.05) is 32.0 Å². The summed E-state index contributed by atoms with van der Waals surface area (Å²) in [6.07, 6.45) is 1.53. The van der Waals surface area contributed by atoms with Crippen LogP contribution in [0.3, 0.4) is 0 Å². The van der Waals surface area contributed by atoms with Crippen molar-refractivity contribution in [2.24, 2.45) is 5.73 Å². The number of hydrogen-bond donors (Lipinski definition) is 2. The molecule has 1 aromatic carbocycles. The van der Waals surface area contributed by atoms with Gasteiger partial charge >= 0.3 is 0 Å². The minimum Gasteiger partial charge on any atom is -0.493 e. The van der Waals surface area contributed by atoms with Gasteiger partial charge in [-0.2, -0.15) is 0 Å². The van der Waals surface area contributed by atoms with Crippen molar-refractivity contribution in [3.05, 3.63) is 29.8 Å². The molecule has 0 aliphatic carbocycles.